The number of hydrogen-bond acceptors (Lipinski definition) is 4. The summed E-state index contributed by atoms with van der Waals surface area (Å²) in [6.45, 7) is 22.8. The van der Waals surface area contributed by atoms with Crippen molar-refractivity contribution in [3.8, 4) is 5.75 Å². The zero-order chi connectivity index (χ0) is 38.8. The summed E-state index contributed by atoms with van der Waals surface area (Å²) in [6.07, 6.45) is 2.26. The fourth-order valence-corrected chi connectivity index (χ4v) is 5.44. The number of hydrogen-bond donors (Lipinski definition) is 3. The molecule has 0 fully saturated rings. The van der Waals surface area contributed by atoms with E-state index in [0.717, 1.165) is 63.2 Å². The fraction of sp³-hybridized carbons (Fsp3) is 0.356. The van der Waals surface area contributed by atoms with Crippen LogP contribution in [-0.4, -0.2) is 24.8 Å². The number of benzene rings is 4. The fourth-order valence-electron chi connectivity index (χ4n) is 5.44. The summed E-state index contributed by atoms with van der Waals surface area (Å²) in [7, 11) is 1.67. The highest BCUT2D eigenvalue weighted by Gasteiger charge is 2.15. The van der Waals surface area contributed by atoms with Crippen LogP contribution in [0.1, 0.15) is 112 Å². The predicted molar refractivity (Wildman–Crippen MR) is 218 cm³/mol. The summed E-state index contributed by atoms with van der Waals surface area (Å²) in [5, 5.41) is 8.66. The van der Waals surface area contributed by atoms with Crippen molar-refractivity contribution in [2.75, 3.05) is 17.7 Å². The smallest absolute Gasteiger partial charge is 0.323 e. The van der Waals surface area contributed by atoms with Crippen molar-refractivity contribution in [1.82, 2.24) is 5.32 Å². The summed E-state index contributed by atoms with van der Waals surface area (Å²) in [5.41, 5.74) is 8.95. The van der Waals surface area contributed by atoms with E-state index < -0.39 is 0 Å². The average molecular weight is 706 g/mol. The minimum absolute atomic E-state index is 0.00109. The van der Waals surface area contributed by atoms with Crippen molar-refractivity contribution in [1.29, 1.82) is 0 Å². The van der Waals surface area contributed by atoms with Crippen LogP contribution in [0.15, 0.2) is 97.6 Å². The summed E-state index contributed by atoms with van der Waals surface area (Å²) in [5.74, 6) is 1.09. The zero-order valence-corrected chi connectivity index (χ0v) is 32.9. The second-order valence-corrected chi connectivity index (χ2v) is 13.9. The molecule has 0 aliphatic carbocycles. The number of para-hydroxylation sites is 1. The van der Waals surface area contributed by atoms with E-state index in [-0.39, 0.29) is 29.1 Å². The maximum atomic E-state index is 12.5. The Hall–Kier alpha value is -5.17. The van der Waals surface area contributed by atoms with Crippen molar-refractivity contribution in [3.63, 3.8) is 0 Å². The number of carbonyl (C=O) groups is 3. The van der Waals surface area contributed by atoms with Crippen LogP contribution >= 0.6 is 0 Å². The number of anilines is 2. The van der Waals surface area contributed by atoms with Gasteiger partial charge in [0.1, 0.15) is 5.75 Å². The molecule has 0 heterocycles. The van der Waals surface area contributed by atoms with E-state index in [4.69, 9.17) is 4.74 Å². The second kappa shape index (κ2) is 21.3. The first-order valence-electron chi connectivity index (χ1n) is 18.1. The van der Waals surface area contributed by atoms with E-state index in [1.165, 1.54) is 0 Å². The Kier molecular flexibility index (Phi) is 17.6. The van der Waals surface area contributed by atoms with Gasteiger partial charge in [-0.1, -0.05) is 122 Å². The molecule has 0 saturated carbocycles. The molecule has 0 aliphatic rings. The molecule has 4 rings (SSSR count). The minimum atomic E-state index is -0.297. The Balaban J connectivity index is 0.000000435. The summed E-state index contributed by atoms with van der Waals surface area (Å²) in [6, 6.07) is 28.6. The lowest BCUT2D eigenvalue weighted by atomic mass is 9.86. The number of urea groups is 1. The number of rotatable bonds is 12. The number of allylic oxidation sites excluding steroid dienone is 1. The van der Waals surface area contributed by atoms with E-state index in [1.807, 2.05) is 106 Å². The maximum Gasteiger partial charge on any atom is 0.323 e. The van der Waals surface area contributed by atoms with Crippen molar-refractivity contribution < 1.29 is 19.1 Å². The van der Waals surface area contributed by atoms with Gasteiger partial charge < -0.3 is 20.7 Å². The van der Waals surface area contributed by atoms with Crippen LogP contribution in [0.3, 0.4) is 0 Å². The predicted octanol–water partition coefficient (Wildman–Crippen LogP) is 11.4. The van der Waals surface area contributed by atoms with Crippen molar-refractivity contribution in [2.45, 2.75) is 94.0 Å². The number of ether oxygens (including phenoxy) is 1. The molecule has 0 bridgehead atoms. The monoisotopic (exact) mass is 705 g/mol. The Morgan fingerprint density at radius 2 is 1.46 bits per heavy atom. The highest BCUT2D eigenvalue weighted by Crippen LogP contribution is 2.29. The van der Waals surface area contributed by atoms with Gasteiger partial charge in [0.2, 0.25) is 5.91 Å². The number of carbonyl (C=O) groups excluding carboxylic acids is 3. The molecule has 0 aliphatic heterocycles. The third kappa shape index (κ3) is 14.6. The van der Waals surface area contributed by atoms with Crippen LogP contribution in [0.25, 0.3) is 5.57 Å². The number of Topliss-reactive ketones (excluding diaryl/α,β-unsaturated/α-hetero) is 1. The van der Waals surface area contributed by atoms with E-state index >= 15 is 0 Å². The third-order valence-corrected chi connectivity index (χ3v) is 8.28. The van der Waals surface area contributed by atoms with E-state index in [0.29, 0.717) is 18.7 Å². The molecule has 278 valence electrons. The molecule has 3 amide bonds. The Morgan fingerprint density at radius 1 is 0.846 bits per heavy atom. The molecule has 4 aromatic carbocycles. The second-order valence-electron chi connectivity index (χ2n) is 13.9. The molecule has 3 N–H and O–H groups in total. The first kappa shape index (κ1) is 43.0. The van der Waals surface area contributed by atoms with Gasteiger partial charge in [-0.15, -0.1) is 0 Å². The van der Waals surface area contributed by atoms with Crippen molar-refractivity contribution in [3.05, 3.63) is 131 Å². The third-order valence-electron chi connectivity index (χ3n) is 8.28. The van der Waals surface area contributed by atoms with E-state index in [2.05, 4.69) is 63.2 Å². The molecule has 7 nitrogen and oxygen atoms in total. The lowest BCUT2D eigenvalue weighted by Crippen LogP contribution is -2.24. The SMILES string of the molecule is C=C(CC(C)(C)C)c1ccc(C(C)=O)cc1.CC.CCc1cc(C(C)CC(=O)NCc2ccc(NC(=O)Nc3ccccc3C)cc2)ccc1OC. The Labute approximate surface area is 312 Å². The average Bonchev–Trinajstić information content (AvgIpc) is 3.12. The van der Waals surface area contributed by atoms with Gasteiger partial charge >= 0.3 is 6.03 Å². The number of methoxy groups -OCH3 is 1. The topological polar surface area (TPSA) is 96.5 Å². The summed E-state index contributed by atoms with van der Waals surface area (Å²) in [4.78, 5) is 35.9. The lowest BCUT2D eigenvalue weighted by molar-refractivity contribution is -0.121. The molecule has 0 saturated heterocycles. The van der Waals surface area contributed by atoms with Crippen molar-refractivity contribution >= 4 is 34.7 Å². The Bertz CT molecular complexity index is 1750. The van der Waals surface area contributed by atoms with Gasteiger partial charge in [-0.25, -0.2) is 4.79 Å². The van der Waals surface area contributed by atoms with Crippen LogP contribution in [0.2, 0.25) is 0 Å². The van der Waals surface area contributed by atoms with Gasteiger partial charge in [0, 0.05) is 29.9 Å². The van der Waals surface area contributed by atoms with Crippen LogP contribution in [0.5, 0.6) is 5.75 Å². The molecule has 1 atom stereocenters. The lowest BCUT2D eigenvalue weighted by Gasteiger charge is -2.19. The molecule has 1 unspecified atom stereocenters. The Morgan fingerprint density at radius 3 is 2.02 bits per heavy atom. The van der Waals surface area contributed by atoms with Crippen molar-refractivity contribution in [2.24, 2.45) is 5.41 Å². The van der Waals surface area contributed by atoms with E-state index in [9.17, 15) is 14.4 Å². The normalized spacial score (nSPS) is 11.0. The van der Waals surface area contributed by atoms with Crippen LogP contribution in [0.4, 0.5) is 16.2 Å². The molecule has 4 aromatic rings. The number of nitrogens with one attached hydrogen (secondary N) is 3. The van der Waals surface area contributed by atoms with Gasteiger partial charge in [0.15, 0.2) is 5.78 Å². The van der Waals surface area contributed by atoms with Gasteiger partial charge in [0.05, 0.1) is 7.11 Å². The number of aryl methyl sites for hydroxylation is 2. The van der Waals surface area contributed by atoms with Crippen LogP contribution in [0, 0.1) is 12.3 Å². The van der Waals surface area contributed by atoms with Gasteiger partial charge in [0.25, 0.3) is 0 Å². The largest absolute Gasteiger partial charge is 0.496 e. The molecule has 0 spiro atoms. The first-order valence-corrected chi connectivity index (χ1v) is 18.1. The highest BCUT2D eigenvalue weighted by atomic mass is 16.5. The molecule has 52 heavy (non-hydrogen) atoms. The van der Waals surface area contributed by atoms with Crippen LogP contribution in [-0.2, 0) is 17.8 Å². The van der Waals surface area contributed by atoms with Crippen LogP contribution < -0.4 is 20.7 Å². The maximum absolute atomic E-state index is 12.5. The zero-order valence-electron chi connectivity index (χ0n) is 32.9. The minimum Gasteiger partial charge on any atom is -0.496 e. The number of ketones is 1. The van der Waals surface area contributed by atoms with Gasteiger partial charge in [-0.2, -0.15) is 0 Å². The van der Waals surface area contributed by atoms with Gasteiger partial charge in [-0.3, -0.25) is 9.59 Å². The number of amides is 3. The standard InChI is InChI=1S/C28H33N3O3.C15H20O.C2H6/c1-5-22-17-23(12-15-26(22)34-4)20(3)16-27(32)29-18-21-10-13-24(14-11-21)30-28(33)31-25-9-7-6-8-19(25)2;1-11(10-15(3,4)5)13-6-8-14(9-7-13)12(2)16;1-2/h6-15,17,20H,5,16,18H2,1-4H3,(H,29,32)(H2,30,31,33);6-9H,1,10H2,2-5H3;1-2H3. The molecular weight excluding hydrogens is 647 g/mol. The summed E-state index contributed by atoms with van der Waals surface area (Å²) < 4.78 is 5.39. The van der Waals surface area contributed by atoms with E-state index in [1.54, 1.807) is 14.0 Å². The molecular formula is C45H59N3O4. The molecule has 7 heteroatoms. The highest BCUT2D eigenvalue weighted by molar-refractivity contribution is 6.00. The quantitative estimate of drug-likeness (QED) is 0.128. The molecule has 0 radical (unpaired) electrons. The summed E-state index contributed by atoms with van der Waals surface area (Å²) >= 11 is 0. The molecule has 0 aromatic heterocycles. The first-order chi connectivity index (χ1) is 24.7. The van der Waals surface area contributed by atoms with Gasteiger partial charge in [-0.05, 0) is 95.7 Å².